The van der Waals surface area contributed by atoms with Crippen LogP contribution in [0.25, 0.3) is 0 Å². The van der Waals surface area contributed by atoms with Crippen molar-refractivity contribution >= 4 is 11.3 Å². The summed E-state index contributed by atoms with van der Waals surface area (Å²) in [6.07, 6.45) is 2.48. The summed E-state index contributed by atoms with van der Waals surface area (Å²) in [4.78, 5) is 14.5. The van der Waals surface area contributed by atoms with Crippen molar-refractivity contribution in [3.05, 3.63) is 33.7 Å². The fourth-order valence-corrected chi connectivity index (χ4v) is 3.47. The summed E-state index contributed by atoms with van der Waals surface area (Å²) in [5.74, 6) is 1.08. The Kier molecular flexibility index (Phi) is 4.61. The van der Waals surface area contributed by atoms with Gasteiger partial charge in [0.2, 0.25) is 5.88 Å². The van der Waals surface area contributed by atoms with Gasteiger partial charge in [-0.25, -0.2) is 15.0 Å². The smallest absolute Gasteiger partial charge is 0.216 e. The van der Waals surface area contributed by atoms with Crippen molar-refractivity contribution in [2.75, 3.05) is 7.11 Å². The van der Waals surface area contributed by atoms with Crippen LogP contribution in [0.3, 0.4) is 0 Å². The van der Waals surface area contributed by atoms with Gasteiger partial charge in [-0.2, -0.15) is 0 Å². The third-order valence-electron chi connectivity index (χ3n) is 3.55. The van der Waals surface area contributed by atoms with Gasteiger partial charge in [0.15, 0.2) is 0 Å². The fraction of sp³-hybridized carbons (Fsp3) is 0.562. The predicted octanol–water partition coefficient (Wildman–Crippen LogP) is 3.89. The lowest BCUT2D eigenvalue weighted by molar-refractivity contribution is 0.392. The molecule has 2 aromatic rings. The fourth-order valence-electron chi connectivity index (χ4n) is 2.17. The van der Waals surface area contributed by atoms with Crippen LogP contribution in [0, 0.1) is 6.92 Å². The Morgan fingerprint density at radius 2 is 2.00 bits per heavy atom. The van der Waals surface area contributed by atoms with E-state index < -0.39 is 0 Å². The first-order valence-electron chi connectivity index (χ1n) is 7.16. The number of hydrogen-bond donors (Lipinski definition) is 0. The van der Waals surface area contributed by atoms with E-state index in [2.05, 4.69) is 49.6 Å². The number of aromatic nitrogens is 3. The molecule has 5 heteroatoms. The Morgan fingerprint density at radius 1 is 1.29 bits per heavy atom. The maximum Gasteiger partial charge on any atom is 0.216 e. The highest BCUT2D eigenvalue weighted by Crippen LogP contribution is 2.33. The average molecular weight is 305 g/mol. The summed E-state index contributed by atoms with van der Waals surface area (Å²) in [6.45, 7) is 10.9. The summed E-state index contributed by atoms with van der Waals surface area (Å²) in [5, 5.41) is 1.21. The highest BCUT2D eigenvalue weighted by atomic mass is 32.1. The molecular formula is C16H23N3OS. The first-order valence-corrected chi connectivity index (χ1v) is 7.98. The topological polar surface area (TPSA) is 47.9 Å². The molecule has 0 amide bonds. The molecule has 0 atom stereocenters. The van der Waals surface area contributed by atoms with E-state index in [9.17, 15) is 0 Å². The van der Waals surface area contributed by atoms with Crippen LogP contribution in [-0.4, -0.2) is 22.1 Å². The second-order valence-corrected chi connectivity index (χ2v) is 7.34. The maximum absolute atomic E-state index is 5.20. The molecule has 2 rings (SSSR count). The van der Waals surface area contributed by atoms with E-state index in [0.29, 0.717) is 11.8 Å². The van der Waals surface area contributed by atoms with E-state index in [4.69, 9.17) is 4.74 Å². The molecule has 0 unspecified atom stereocenters. The van der Waals surface area contributed by atoms with E-state index in [-0.39, 0.29) is 5.41 Å². The molecule has 2 aromatic heterocycles. The number of nitrogens with zero attached hydrogens (tertiary/aromatic N) is 3. The average Bonchev–Trinajstić information content (AvgIpc) is 2.80. The molecule has 0 fully saturated rings. The van der Waals surface area contributed by atoms with Gasteiger partial charge in [0.05, 0.1) is 23.5 Å². The second-order valence-electron chi connectivity index (χ2n) is 6.22. The van der Waals surface area contributed by atoms with Crippen LogP contribution in [0.15, 0.2) is 12.4 Å². The van der Waals surface area contributed by atoms with E-state index in [1.54, 1.807) is 13.4 Å². The number of hydrogen-bond acceptors (Lipinski definition) is 5. The highest BCUT2D eigenvalue weighted by Gasteiger charge is 2.26. The maximum atomic E-state index is 5.20. The Morgan fingerprint density at radius 3 is 2.57 bits per heavy atom. The van der Waals surface area contributed by atoms with Gasteiger partial charge in [-0.05, 0) is 13.3 Å². The Labute approximate surface area is 130 Å². The van der Waals surface area contributed by atoms with Crippen LogP contribution >= 0.6 is 11.3 Å². The molecule has 2 heterocycles. The monoisotopic (exact) mass is 305 g/mol. The Bertz CT molecular complexity index is 620. The lowest BCUT2D eigenvalue weighted by Gasteiger charge is -2.23. The van der Waals surface area contributed by atoms with Crippen molar-refractivity contribution in [3.63, 3.8) is 0 Å². The summed E-state index contributed by atoms with van der Waals surface area (Å²) in [6, 6.07) is 1.92. The van der Waals surface area contributed by atoms with E-state index in [1.165, 1.54) is 9.88 Å². The van der Waals surface area contributed by atoms with Crippen LogP contribution in [0.4, 0.5) is 0 Å². The quantitative estimate of drug-likeness (QED) is 0.840. The molecule has 0 N–H and O–H groups in total. The van der Waals surface area contributed by atoms with E-state index >= 15 is 0 Å². The SMILES string of the molecule is COc1cc(C(C)(C)Cc2sc(C(C)C)nc2C)ncn1. The Balaban J connectivity index is 2.27. The zero-order chi connectivity index (χ0) is 15.6. The molecular weight excluding hydrogens is 282 g/mol. The Hall–Kier alpha value is -1.49. The number of thiazole rings is 1. The van der Waals surface area contributed by atoms with Gasteiger partial charge in [-0.1, -0.05) is 27.7 Å². The number of rotatable bonds is 5. The molecule has 0 aliphatic rings. The second kappa shape index (κ2) is 6.10. The summed E-state index contributed by atoms with van der Waals surface area (Å²) >= 11 is 1.81. The first-order chi connectivity index (χ1) is 9.83. The van der Waals surface area contributed by atoms with Crippen molar-refractivity contribution in [2.45, 2.75) is 52.4 Å². The van der Waals surface area contributed by atoms with Gasteiger partial charge in [0.25, 0.3) is 0 Å². The first kappa shape index (κ1) is 15.9. The standard InChI is InChI=1S/C16H23N3OS/c1-10(2)15-19-11(3)12(21-15)8-16(4,5)13-7-14(20-6)18-9-17-13/h7,9-10H,8H2,1-6H3. The zero-order valence-corrected chi connectivity index (χ0v) is 14.4. The molecule has 0 aliphatic heterocycles. The zero-order valence-electron chi connectivity index (χ0n) is 13.6. The van der Waals surface area contributed by atoms with Gasteiger partial charge >= 0.3 is 0 Å². The highest BCUT2D eigenvalue weighted by molar-refractivity contribution is 7.11. The summed E-state index contributed by atoms with van der Waals surface area (Å²) in [5.41, 5.74) is 2.05. The van der Waals surface area contributed by atoms with Gasteiger partial charge in [-0.3, -0.25) is 0 Å². The van der Waals surface area contributed by atoms with Crippen molar-refractivity contribution < 1.29 is 4.74 Å². The van der Waals surface area contributed by atoms with Crippen molar-refractivity contribution in [1.82, 2.24) is 15.0 Å². The summed E-state index contributed by atoms with van der Waals surface area (Å²) in [7, 11) is 1.63. The van der Waals surface area contributed by atoms with Crippen LogP contribution in [0.2, 0.25) is 0 Å². The summed E-state index contributed by atoms with van der Waals surface area (Å²) < 4.78 is 5.20. The number of methoxy groups -OCH3 is 1. The minimum Gasteiger partial charge on any atom is -0.481 e. The molecule has 4 nitrogen and oxygen atoms in total. The molecule has 21 heavy (non-hydrogen) atoms. The van der Waals surface area contributed by atoms with Crippen molar-refractivity contribution in [2.24, 2.45) is 0 Å². The largest absolute Gasteiger partial charge is 0.481 e. The number of ether oxygens (including phenoxy) is 1. The molecule has 0 aliphatic carbocycles. The minimum atomic E-state index is -0.0816. The lowest BCUT2D eigenvalue weighted by atomic mass is 9.84. The van der Waals surface area contributed by atoms with Crippen LogP contribution in [0.1, 0.15) is 54.9 Å². The molecule has 0 bridgehead atoms. The van der Waals surface area contributed by atoms with Crippen LogP contribution < -0.4 is 4.74 Å². The third kappa shape index (κ3) is 3.59. The molecule has 0 saturated carbocycles. The van der Waals surface area contributed by atoms with Gasteiger partial charge in [0.1, 0.15) is 6.33 Å². The molecule has 0 aromatic carbocycles. The van der Waals surface area contributed by atoms with Gasteiger partial charge in [0, 0.05) is 22.3 Å². The molecule has 0 spiro atoms. The predicted molar refractivity (Wildman–Crippen MR) is 86.3 cm³/mol. The third-order valence-corrected chi connectivity index (χ3v) is 5.01. The van der Waals surface area contributed by atoms with Crippen molar-refractivity contribution in [3.8, 4) is 5.88 Å². The lowest BCUT2D eigenvalue weighted by Crippen LogP contribution is -2.22. The normalized spacial score (nSPS) is 12.0. The molecule has 114 valence electrons. The van der Waals surface area contributed by atoms with Gasteiger partial charge < -0.3 is 4.74 Å². The number of aryl methyl sites for hydroxylation is 1. The van der Waals surface area contributed by atoms with Crippen LogP contribution in [-0.2, 0) is 11.8 Å². The van der Waals surface area contributed by atoms with E-state index in [0.717, 1.165) is 17.8 Å². The molecule has 0 saturated heterocycles. The van der Waals surface area contributed by atoms with Crippen LogP contribution in [0.5, 0.6) is 5.88 Å². The molecule has 0 radical (unpaired) electrons. The van der Waals surface area contributed by atoms with E-state index in [1.807, 2.05) is 17.4 Å². The van der Waals surface area contributed by atoms with Gasteiger partial charge in [-0.15, -0.1) is 11.3 Å². The minimum absolute atomic E-state index is 0.0816. The van der Waals surface area contributed by atoms with Crippen molar-refractivity contribution in [1.29, 1.82) is 0 Å².